The number of pyridine rings is 2. The van der Waals surface area contributed by atoms with Gasteiger partial charge < -0.3 is 4.90 Å². The molecule has 0 spiro atoms. The molecule has 0 aromatic carbocycles. The molecule has 0 radical (unpaired) electrons. The largest absolute Gasteiger partial charge is 0.331 e. The molecule has 0 aliphatic heterocycles. The van der Waals surface area contributed by atoms with Gasteiger partial charge in [-0.3, -0.25) is 14.8 Å². The van der Waals surface area contributed by atoms with Crippen molar-refractivity contribution in [2.45, 2.75) is 44.7 Å². The summed E-state index contributed by atoms with van der Waals surface area (Å²) in [6.07, 6.45) is 15.9. The Bertz CT molecular complexity index is 893. The highest BCUT2D eigenvalue weighted by Gasteiger charge is 2.27. The maximum absolute atomic E-state index is 13.3. The third kappa shape index (κ3) is 4.22. The van der Waals surface area contributed by atoms with Gasteiger partial charge in [0.25, 0.3) is 5.91 Å². The summed E-state index contributed by atoms with van der Waals surface area (Å²) in [6, 6.07) is 7.92. The number of nitrogens with zero attached hydrogens (tertiary/aromatic N) is 5. The number of amides is 1. The van der Waals surface area contributed by atoms with Gasteiger partial charge in [0.1, 0.15) is 0 Å². The molecule has 1 fully saturated rings. The monoisotopic (exact) mass is 373 g/mol. The lowest BCUT2D eigenvalue weighted by atomic mass is 9.93. The van der Waals surface area contributed by atoms with Crippen molar-refractivity contribution in [2.75, 3.05) is 0 Å². The molecule has 1 aliphatic carbocycles. The van der Waals surface area contributed by atoms with E-state index in [4.69, 9.17) is 0 Å². The summed E-state index contributed by atoms with van der Waals surface area (Å²) in [6.45, 7) is 0.557. The van der Waals surface area contributed by atoms with E-state index in [1.807, 2.05) is 35.4 Å². The maximum Gasteiger partial charge on any atom is 0.257 e. The van der Waals surface area contributed by atoms with Crippen LogP contribution in [0.25, 0.3) is 11.4 Å². The average Bonchev–Trinajstić information content (AvgIpc) is 2.79. The van der Waals surface area contributed by atoms with Gasteiger partial charge in [0.15, 0.2) is 5.82 Å². The van der Waals surface area contributed by atoms with E-state index in [9.17, 15) is 4.79 Å². The van der Waals surface area contributed by atoms with Crippen LogP contribution in [-0.2, 0) is 6.54 Å². The second-order valence-corrected chi connectivity index (χ2v) is 7.12. The van der Waals surface area contributed by atoms with Crippen molar-refractivity contribution in [1.82, 2.24) is 24.8 Å². The van der Waals surface area contributed by atoms with Gasteiger partial charge in [-0.05, 0) is 36.6 Å². The maximum atomic E-state index is 13.3. The minimum Gasteiger partial charge on any atom is -0.331 e. The van der Waals surface area contributed by atoms with E-state index in [-0.39, 0.29) is 11.9 Å². The number of carbonyl (C=O) groups is 1. The van der Waals surface area contributed by atoms with Gasteiger partial charge in [0, 0.05) is 55.3 Å². The van der Waals surface area contributed by atoms with Crippen molar-refractivity contribution in [3.05, 3.63) is 72.6 Å². The summed E-state index contributed by atoms with van der Waals surface area (Å²) in [7, 11) is 0. The van der Waals surface area contributed by atoms with Crippen molar-refractivity contribution >= 4 is 5.91 Å². The van der Waals surface area contributed by atoms with E-state index in [0.29, 0.717) is 17.9 Å². The van der Waals surface area contributed by atoms with Gasteiger partial charge in [-0.2, -0.15) is 0 Å². The quantitative estimate of drug-likeness (QED) is 0.678. The SMILES string of the molecule is O=C(c1cnc(-c2cccnc2)nc1)N(Cc1cccnc1)C1CCCCC1. The van der Waals surface area contributed by atoms with Crippen molar-refractivity contribution in [1.29, 1.82) is 0 Å². The molecule has 1 saturated carbocycles. The van der Waals surface area contributed by atoms with Crippen molar-refractivity contribution in [3.63, 3.8) is 0 Å². The Balaban J connectivity index is 1.57. The molecule has 28 heavy (non-hydrogen) atoms. The van der Waals surface area contributed by atoms with E-state index in [2.05, 4.69) is 19.9 Å². The summed E-state index contributed by atoms with van der Waals surface area (Å²) in [5.41, 5.74) is 2.39. The fourth-order valence-corrected chi connectivity index (χ4v) is 3.70. The zero-order valence-electron chi connectivity index (χ0n) is 15.7. The summed E-state index contributed by atoms with van der Waals surface area (Å²) in [5, 5.41) is 0. The number of carbonyl (C=O) groups excluding carboxylic acids is 1. The van der Waals surface area contributed by atoms with Crippen LogP contribution < -0.4 is 0 Å². The molecule has 3 aromatic rings. The van der Waals surface area contributed by atoms with Crippen LogP contribution in [0.4, 0.5) is 0 Å². The number of hydrogen-bond donors (Lipinski definition) is 0. The van der Waals surface area contributed by atoms with Crippen LogP contribution in [0.1, 0.15) is 48.0 Å². The van der Waals surface area contributed by atoms with Crippen LogP contribution in [0, 0.1) is 0 Å². The molecule has 4 rings (SSSR count). The van der Waals surface area contributed by atoms with Gasteiger partial charge in [-0.15, -0.1) is 0 Å². The lowest BCUT2D eigenvalue weighted by molar-refractivity contribution is 0.0613. The molecule has 6 nitrogen and oxygen atoms in total. The highest BCUT2D eigenvalue weighted by atomic mass is 16.2. The molecule has 3 aromatic heterocycles. The smallest absolute Gasteiger partial charge is 0.257 e. The first kappa shape index (κ1) is 18.2. The normalized spacial score (nSPS) is 14.6. The van der Waals surface area contributed by atoms with E-state index in [1.165, 1.54) is 6.42 Å². The predicted molar refractivity (Wildman–Crippen MR) is 106 cm³/mol. The molecule has 1 amide bonds. The molecule has 0 unspecified atom stereocenters. The highest BCUT2D eigenvalue weighted by molar-refractivity contribution is 5.94. The van der Waals surface area contributed by atoms with Crippen LogP contribution in [0.3, 0.4) is 0 Å². The molecule has 0 bridgehead atoms. The standard InChI is InChI=1S/C22H23N5O/c28-22(19-14-25-21(26-15-19)18-7-5-11-24-13-18)27(20-8-2-1-3-9-20)16-17-6-4-10-23-12-17/h4-7,10-15,20H,1-3,8-9,16H2. The predicted octanol–water partition coefficient (Wildman–Crippen LogP) is 3.91. The second kappa shape index (κ2) is 8.69. The van der Waals surface area contributed by atoms with Crippen LogP contribution in [-0.4, -0.2) is 36.8 Å². The van der Waals surface area contributed by atoms with E-state index in [1.54, 1.807) is 31.0 Å². The van der Waals surface area contributed by atoms with Crippen LogP contribution >= 0.6 is 0 Å². The summed E-state index contributed by atoms with van der Waals surface area (Å²) >= 11 is 0. The van der Waals surface area contributed by atoms with Crippen molar-refractivity contribution < 1.29 is 4.79 Å². The van der Waals surface area contributed by atoms with Gasteiger partial charge in [0.05, 0.1) is 5.56 Å². The molecule has 0 atom stereocenters. The first-order valence-corrected chi connectivity index (χ1v) is 9.73. The molecule has 3 heterocycles. The molecule has 1 aliphatic rings. The Morgan fingerprint density at radius 2 is 1.64 bits per heavy atom. The van der Waals surface area contributed by atoms with Gasteiger partial charge in [-0.25, -0.2) is 9.97 Å². The van der Waals surface area contributed by atoms with E-state index >= 15 is 0 Å². The zero-order chi connectivity index (χ0) is 19.2. The lowest BCUT2D eigenvalue weighted by Crippen LogP contribution is -2.41. The van der Waals surface area contributed by atoms with Crippen LogP contribution in [0.15, 0.2) is 61.4 Å². The minimum atomic E-state index is -0.0199. The highest BCUT2D eigenvalue weighted by Crippen LogP contribution is 2.25. The summed E-state index contributed by atoms with van der Waals surface area (Å²) < 4.78 is 0. The second-order valence-electron chi connectivity index (χ2n) is 7.12. The summed E-state index contributed by atoms with van der Waals surface area (Å²) in [4.78, 5) is 32.4. The zero-order valence-corrected chi connectivity index (χ0v) is 15.7. The van der Waals surface area contributed by atoms with Gasteiger partial charge in [-0.1, -0.05) is 25.3 Å². The summed E-state index contributed by atoms with van der Waals surface area (Å²) in [5.74, 6) is 0.551. The Labute approximate surface area is 164 Å². The molecule has 6 heteroatoms. The first-order chi connectivity index (χ1) is 13.8. The van der Waals surface area contributed by atoms with E-state index in [0.717, 1.165) is 36.8 Å². The Kier molecular flexibility index (Phi) is 5.66. The number of rotatable bonds is 5. The molecule has 0 N–H and O–H groups in total. The first-order valence-electron chi connectivity index (χ1n) is 9.73. The number of hydrogen-bond acceptors (Lipinski definition) is 5. The van der Waals surface area contributed by atoms with Crippen LogP contribution in [0.2, 0.25) is 0 Å². The third-order valence-corrected chi connectivity index (χ3v) is 5.17. The fourth-order valence-electron chi connectivity index (χ4n) is 3.70. The topological polar surface area (TPSA) is 71.9 Å². The molecule has 0 saturated heterocycles. The molecule has 142 valence electrons. The van der Waals surface area contributed by atoms with Gasteiger partial charge >= 0.3 is 0 Å². The average molecular weight is 373 g/mol. The molecular weight excluding hydrogens is 350 g/mol. The van der Waals surface area contributed by atoms with E-state index < -0.39 is 0 Å². The van der Waals surface area contributed by atoms with Crippen molar-refractivity contribution in [2.24, 2.45) is 0 Å². The Morgan fingerprint density at radius 3 is 2.29 bits per heavy atom. The Hall–Kier alpha value is -3.15. The lowest BCUT2D eigenvalue weighted by Gasteiger charge is -2.34. The molecular formula is C22H23N5O. The van der Waals surface area contributed by atoms with Crippen molar-refractivity contribution in [3.8, 4) is 11.4 Å². The Morgan fingerprint density at radius 1 is 0.929 bits per heavy atom. The number of aromatic nitrogens is 4. The third-order valence-electron chi connectivity index (χ3n) is 5.17. The fraction of sp³-hybridized carbons (Fsp3) is 0.318. The van der Waals surface area contributed by atoms with Crippen LogP contribution in [0.5, 0.6) is 0 Å². The van der Waals surface area contributed by atoms with Gasteiger partial charge in [0.2, 0.25) is 0 Å². The minimum absolute atomic E-state index is 0.0199.